The van der Waals surface area contributed by atoms with Gasteiger partial charge in [-0.25, -0.2) is 4.79 Å². The molecule has 0 saturated heterocycles. The maximum atomic E-state index is 11.7. The van der Waals surface area contributed by atoms with E-state index in [1.807, 2.05) is 24.3 Å². The summed E-state index contributed by atoms with van der Waals surface area (Å²) in [5.74, 6) is -0.493. The summed E-state index contributed by atoms with van der Waals surface area (Å²) in [6.45, 7) is 5.15. The van der Waals surface area contributed by atoms with Crippen LogP contribution in [0.3, 0.4) is 0 Å². The molecule has 0 spiro atoms. The molecule has 6 nitrogen and oxygen atoms in total. The van der Waals surface area contributed by atoms with Crippen molar-refractivity contribution in [3.63, 3.8) is 0 Å². The minimum atomic E-state index is -0.247. The predicted molar refractivity (Wildman–Crippen MR) is 96.5 cm³/mol. The number of imide groups is 1. The molecule has 0 atom stereocenters. The topological polar surface area (TPSA) is 78.5 Å². The van der Waals surface area contributed by atoms with Gasteiger partial charge in [-0.3, -0.25) is 14.5 Å². The zero-order valence-electron chi connectivity index (χ0n) is 14.2. The SMILES string of the molecule is C=Cc1ccc(CNC(=O)NCCCCCN2C(=O)C=CC2=O)cc1. The van der Waals surface area contributed by atoms with E-state index >= 15 is 0 Å². The van der Waals surface area contributed by atoms with Crippen molar-refractivity contribution >= 4 is 23.9 Å². The molecule has 1 heterocycles. The highest BCUT2D eigenvalue weighted by atomic mass is 16.2. The average molecular weight is 341 g/mol. The Morgan fingerprint density at radius 1 is 1.00 bits per heavy atom. The maximum Gasteiger partial charge on any atom is 0.315 e. The third kappa shape index (κ3) is 5.91. The van der Waals surface area contributed by atoms with Gasteiger partial charge in [0, 0.05) is 31.8 Å². The van der Waals surface area contributed by atoms with E-state index in [-0.39, 0.29) is 17.8 Å². The first-order valence-electron chi connectivity index (χ1n) is 8.37. The standard InChI is InChI=1S/C19H23N3O3/c1-2-15-6-8-16(9-7-15)14-21-19(25)20-12-4-3-5-13-22-17(23)10-11-18(22)24/h2,6-11H,1,3-5,12-14H2,(H2,20,21,25). The van der Waals surface area contributed by atoms with E-state index in [2.05, 4.69) is 17.2 Å². The van der Waals surface area contributed by atoms with Crippen LogP contribution in [0.5, 0.6) is 0 Å². The molecule has 132 valence electrons. The first kappa shape index (κ1) is 18.4. The van der Waals surface area contributed by atoms with Crippen molar-refractivity contribution in [2.75, 3.05) is 13.1 Å². The van der Waals surface area contributed by atoms with Crippen molar-refractivity contribution in [1.82, 2.24) is 15.5 Å². The highest BCUT2D eigenvalue weighted by molar-refractivity contribution is 6.12. The van der Waals surface area contributed by atoms with Crippen LogP contribution in [-0.2, 0) is 16.1 Å². The molecule has 4 amide bonds. The third-order valence-corrected chi connectivity index (χ3v) is 3.91. The van der Waals surface area contributed by atoms with Crippen molar-refractivity contribution in [2.24, 2.45) is 0 Å². The molecule has 1 aromatic rings. The molecule has 0 aromatic heterocycles. The van der Waals surface area contributed by atoms with E-state index in [1.165, 1.54) is 17.1 Å². The minimum Gasteiger partial charge on any atom is -0.338 e. The minimum absolute atomic E-state index is 0.207. The number of unbranched alkanes of at least 4 members (excludes halogenated alkanes) is 2. The number of carbonyl (C=O) groups excluding carboxylic acids is 3. The Balaban J connectivity index is 1.52. The Bertz CT molecular complexity index is 647. The van der Waals surface area contributed by atoms with Crippen molar-refractivity contribution in [1.29, 1.82) is 0 Å². The van der Waals surface area contributed by atoms with Crippen molar-refractivity contribution in [2.45, 2.75) is 25.8 Å². The number of benzene rings is 1. The highest BCUT2D eigenvalue weighted by Crippen LogP contribution is 2.06. The van der Waals surface area contributed by atoms with Gasteiger partial charge in [0.25, 0.3) is 11.8 Å². The van der Waals surface area contributed by atoms with Crippen LogP contribution in [0.2, 0.25) is 0 Å². The fraction of sp³-hybridized carbons (Fsp3) is 0.316. The van der Waals surface area contributed by atoms with Gasteiger partial charge >= 0.3 is 6.03 Å². The summed E-state index contributed by atoms with van der Waals surface area (Å²) in [5, 5.41) is 5.60. The lowest BCUT2D eigenvalue weighted by Gasteiger charge is -2.13. The Labute approximate surface area is 147 Å². The van der Waals surface area contributed by atoms with Gasteiger partial charge in [-0.15, -0.1) is 0 Å². The highest BCUT2D eigenvalue weighted by Gasteiger charge is 2.22. The fourth-order valence-corrected chi connectivity index (χ4v) is 2.44. The van der Waals surface area contributed by atoms with Gasteiger partial charge in [0.05, 0.1) is 0 Å². The summed E-state index contributed by atoms with van der Waals surface area (Å²) in [6.07, 6.45) is 6.72. The van der Waals surface area contributed by atoms with Crippen LogP contribution in [-0.4, -0.2) is 35.8 Å². The van der Waals surface area contributed by atoms with E-state index < -0.39 is 0 Å². The number of rotatable bonds is 9. The second-order valence-electron chi connectivity index (χ2n) is 5.78. The third-order valence-electron chi connectivity index (χ3n) is 3.91. The van der Waals surface area contributed by atoms with E-state index in [0.29, 0.717) is 19.6 Å². The summed E-state index contributed by atoms with van der Waals surface area (Å²) in [5.41, 5.74) is 2.07. The Morgan fingerprint density at radius 2 is 1.68 bits per heavy atom. The van der Waals surface area contributed by atoms with Crippen LogP contribution in [0.25, 0.3) is 6.08 Å². The molecule has 1 aromatic carbocycles. The maximum absolute atomic E-state index is 11.7. The first-order valence-corrected chi connectivity index (χ1v) is 8.37. The van der Waals surface area contributed by atoms with Gasteiger partial charge in [0.15, 0.2) is 0 Å². The Hall–Kier alpha value is -2.89. The molecule has 0 fully saturated rings. The van der Waals surface area contributed by atoms with E-state index in [9.17, 15) is 14.4 Å². The molecule has 6 heteroatoms. The number of nitrogens with zero attached hydrogens (tertiary/aromatic N) is 1. The molecule has 2 rings (SSSR count). The van der Waals surface area contributed by atoms with Gasteiger partial charge in [0.1, 0.15) is 0 Å². The summed E-state index contributed by atoms with van der Waals surface area (Å²) >= 11 is 0. The molecule has 2 N–H and O–H groups in total. The summed E-state index contributed by atoms with van der Waals surface area (Å²) < 4.78 is 0. The monoisotopic (exact) mass is 341 g/mol. The second kappa shape index (κ2) is 9.42. The molecule has 1 aliphatic heterocycles. The number of amides is 4. The van der Waals surface area contributed by atoms with Crippen LogP contribution in [0, 0.1) is 0 Å². The zero-order chi connectivity index (χ0) is 18.1. The molecule has 25 heavy (non-hydrogen) atoms. The van der Waals surface area contributed by atoms with Gasteiger partial charge in [0.2, 0.25) is 0 Å². The molecule has 1 aliphatic rings. The molecule has 0 bridgehead atoms. The second-order valence-corrected chi connectivity index (χ2v) is 5.78. The van der Waals surface area contributed by atoms with Crippen molar-refractivity contribution in [3.8, 4) is 0 Å². The van der Waals surface area contributed by atoms with E-state index in [1.54, 1.807) is 6.08 Å². The van der Waals surface area contributed by atoms with Crippen LogP contribution < -0.4 is 10.6 Å². The Kier molecular flexibility index (Phi) is 6.95. The smallest absolute Gasteiger partial charge is 0.315 e. The quantitative estimate of drug-likeness (QED) is 0.534. The molecular weight excluding hydrogens is 318 g/mol. The lowest BCUT2D eigenvalue weighted by Crippen LogP contribution is -2.35. The molecule has 0 saturated carbocycles. The number of nitrogens with one attached hydrogen (secondary N) is 2. The number of hydrogen-bond acceptors (Lipinski definition) is 3. The predicted octanol–water partition coefficient (Wildman–Crippen LogP) is 2.22. The lowest BCUT2D eigenvalue weighted by molar-refractivity contribution is -0.136. The van der Waals surface area contributed by atoms with Crippen LogP contribution >= 0.6 is 0 Å². The first-order chi connectivity index (χ1) is 12.1. The van der Waals surface area contributed by atoms with Crippen LogP contribution in [0.1, 0.15) is 30.4 Å². The van der Waals surface area contributed by atoms with Gasteiger partial charge < -0.3 is 10.6 Å². The number of hydrogen-bond donors (Lipinski definition) is 2. The number of carbonyl (C=O) groups is 3. The lowest BCUT2D eigenvalue weighted by atomic mass is 10.1. The normalized spacial score (nSPS) is 13.2. The summed E-state index contributed by atoms with van der Waals surface area (Å²) in [4.78, 5) is 35.7. The van der Waals surface area contributed by atoms with Crippen LogP contribution in [0.4, 0.5) is 4.79 Å². The van der Waals surface area contributed by atoms with Gasteiger partial charge in [-0.05, 0) is 30.4 Å². The van der Waals surface area contributed by atoms with Crippen molar-refractivity contribution < 1.29 is 14.4 Å². The van der Waals surface area contributed by atoms with E-state index in [0.717, 1.165) is 30.4 Å². The zero-order valence-corrected chi connectivity index (χ0v) is 14.2. The summed E-state index contributed by atoms with van der Waals surface area (Å²) in [6, 6.07) is 7.60. The van der Waals surface area contributed by atoms with Crippen LogP contribution in [0.15, 0.2) is 43.0 Å². The van der Waals surface area contributed by atoms with Gasteiger partial charge in [-0.2, -0.15) is 0 Å². The molecular formula is C19H23N3O3. The largest absolute Gasteiger partial charge is 0.338 e. The Morgan fingerprint density at radius 3 is 2.32 bits per heavy atom. The van der Waals surface area contributed by atoms with E-state index in [4.69, 9.17) is 0 Å². The fourth-order valence-electron chi connectivity index (χ4n) is 2.44. The molecule has 0 radical (unpaired) electrons. The van der Waals surface area contributed by atoms with Crippen molar-refractivity contribution in [3.05, 3.63) is 54.1 Å². The average Bonchev–Trinajstić information content (AvgIpc) is 2.95. The number of urea groups is 1. The van der Waals surface area contributed by atoms with Gasteiger partial charge in [-0.1, -0.05) is 36.9 Å². The molecule has 0 aliphatic carbocycles. The summed E-state index contributed by atoms with van der Waals surface area (Å²) in [7, 11) is 0. The molecule has 0 unspecified atom stereocenters.